The number of esters is 1. The van der Waals surface area contributed by atoms with Crippen molar-refractivity contribution in [1.82, 2.24) is 5.32 Å². The average molecular weight is 263 g/mol. The molecule has 0 aromatic carbocycles. The van der Waals surface area contributed by atoms with Crippen LogP contribution in [0.2, 0.25) is 0 Å². The standard InChI is InChI=1S/C12H25NO3S/c1-10(7-9-17(5)15)13-8-6-11(14)16-12(2,3)4/h10,13H,6-9H2,1-5H3. The van der Waals surface area contributed by atoms with Crippen molar-refractivity contribution in [3.63, 3.8) is 0 Å². The number of hydrogen-bond acceptors (Lipinski definition) is 4. The third-order valence-corrected chi connectivity index (χ3v) is 2.89. The van der Waals surface area contributed by atoms with Gasteiger partial charge in [-0.05, 0) is 34.1 Å². The van der Waals surface area contributed by atoms with E-state index in [1.165, 1.54) is 0 Å². The SMILES string of the molecule is CC(CCS(C)=O)NCCC(=O)OC(C)(C)C. The molecule has 0 saturated carbocycles. The summed E-state index contributed by atoms with van der Waals surface area (Å²) >= 11 is 0. The maximum Gasteiger partial charge on any atom is 0.307 e. The fourth-order valence-electron chi connectivity index (χ4n) is 1.26. The Kier molecular flexibility index (Phi) is 7.63. The summed E-state index contributed by atoms with van der Waals surface area (Å²) in [5.74, 6) is 0.511. The van der Waals surface area contributed by atoms with Crippen LogP contribution in [0.4, 0.5) is 0 Å². The van der Waals surface area contributed by atoms with E-state index in [0.29, 0.717) is 18.7 Å². The van der Waals surface area contributed by atoms with Crippen LogP contribution in [-0.4, -0.2) is 40.4 Å². The van der Waals surface area contributed by atoms with Crippen LogP contribution in [0.5, 0.6) is 0 Å². The van der Waals surface area contributed by atoms with Crippen LogP contribution < -0.4 is 5.32 Å². The lowest BCUT2D eigenvalue weighted by Gasteiger charge is -2.20. The van der Waals surface area contributed by atoms with E-state index in [2.05, 4.69) is 5.32 Å². The summed E-state index contributed by atoms with van der Waals surface area (Å²) in [6.45, 7) is 8.21. The topological polar surface area (TPSA) is 55.4 Å². The molecule has 0 amide bonds. The van der Waals surface area contributed by atoms with Gasteiger partial charge in [0.15, 0.2) is 0 Å². The molecule has 0 aliphatic carbocycles. The Morgan fingerprint density at radius 3 is 2.47 bits per heavy atom. The second-order valence-electron chi connectivity index (χ2n) is 5.26. The molecule has 0 bridgehead atoms. The van der Waals surface area contributed by atoms with Crippen molar-refractivity contribution in [2.24, 2.45) is 0 Å². The fraction of sp³-hybridized carbons (Fsp3) is 0.917. The van der Waals surface area contributed by atoms with E-state index in [1.807, 2.05) is 27.7 Å². The number of carbonyl (C=O) groups excluding carboxylic acids is 1. The minimum atomic E-state index is -0.745. The molecule has 5 heteroatoms. The number of rotatable bonds is 7. The number of ether oxygens (including phenoxy) is 1. The van der Waals surface area contributed by atoms with Gasteiger partial charge in [0.25, 0.3) is 0 Å². The molecule has 4 nitrogen and oxygen atoms in total. The Labute approximate surface area is 107 Å². The van der Waals surface area contributed by atoms with Crippen LogP contribution in [-0.2, 0) is 20.3 Å². The van der Waals surface area contributed by atoms with E-state index < -0.39 is 16.4 Å². The highest BCUT2D eigenvalue weighted by atomic mass is 32.2. The molecule has 0 aliphatic rings. The highest BCUT2D eigenvalue weighted by Gasteiger charge is 2.15. The van der Waals surface area contributed by atoms with Gasteiger partial charge >= 0.3 is 5.97 Å². The zero-order valence-corrected chi connectivity index (χ0v) is 12.4. The lowest BCUT2D eigenvalue weighted by Crippen LogP contribution is -2.31. The Morgan fingerprint density at radius 1 is 1.41 bits per heavy atom. The maximum atomic E-state index is 11.4. The van der Waals surface area contributed by atoms with Crippen LogP contribution in [0.25, 0.3) is 0 Å². The summed E-state index contributed by atoms with van der Waals surface area (Å²) in [6, 6.07) is 0.279. The van der Waals surface area contributed by atoms with Crippen LogP contribution >= 0.6 is 0 Å². The number of carbonyl (C=O) groups is 1. The van der Waals surface area contributed by atoms with E-state index in [1.54, 1.807) is 6.26 Å². The largest absolute Gasteiger partial charge is 0.460 e. The Morgan fingerprint density at radius 2 is 2.00 bits per heavy atom. The highest BCUT2D eigenvalue weighted by molar-refractivity contribution is 7.84. The first kappa shape index (κ1) is 16.6. The minimum absolute atomic E-state index is 0.184. The lowest BCUT2D eigenvalue weighted by molar-refractivity contribution is -0.154. The minimum Gasteiger partial charge on any atom is -0.460 e. The first-order valence-corrected chi connectivity index (χ1v) is 7.68. The van der Waals surface area contributed by atoms with Gasteiger partial charge in [0.1, 0.15) is 5.60 Å². The molecule has 1 N–H and O–H groups in total. The van der Waals surface area contributed by atoms with Gasteiger partial charge < -0.3 is 10.1 Å². The van der Waals surface area contributed by atoms with Gasteiger partial charge in [0, 0.05) is 35.4 Å². The summed E-state index contributed by atoms with van der Waals surface area (Å²) in [7, 11) is -0.745. The first-order chi connectivity index (χ1) is 7.70. The summed E-state index contributed by atoms with van der Waals surface area (Å²) in [6.07, 6.45) is 2.93. The van der Waals surface area contributed by atoms with E-state index in [-0.39, 0.29) is 12.0 Å². The van der Waals surface area contributed by atoms with Crippen molar-refractivity contribution in [1.29, 1.82) is 0 Å². The molecule has 0 spiro atoms. The van der Waals surface area contributed by atoms with Crippen LogP contribution in [0.15, 0.2) is 0 Å². The third kappa shape index (κ3) is 11.8. The normalized spacial score (nSPS) is 15.4. The van der Waals surface area contributed by atoms with Gasteiger partial charge in [-0.15, -0.1) is 0 Å². The molecule has 0 aromatic heterocycles. The summed E-state index contributed by atoms with van der Waals surface area (Å²) in [5, 5.41) is 3.22. The predicted octanol–water partition coefficient (Wildman–Crippen LogP) is 1.46. The lowest BCUT2D eigenvalue weighted by atomic mass is 10.2. The van der Waals surface area contributed by atoms with Gasteiger partial charge in [-0.2, -0.15) is 0 Å². The zero-order chi connectivity index (χ0) is 13.5. The third-order valence-electron chi connectivity index (χ3n) is 2.08. The molecule has 2 unspecified atom stereocenters. The molecule has 0 rings (SSSR count). The van der Waals surface area contributed by atoms with Gasteiger partial charge in [-0.1, -0.05) is 0 Å². The van der Waals surface area contributed by atoms with E-state index in [4.69, 9.17) is 4.74 Å². The monoisotopic (exact) mass is 263 g/mol. The smallest absolute Gasteiger partial charge is 0.307 e. The van der Waals surface area contributed by atoms with E-state index in [0.717, 1.165) is 6.42 Å². The Hall–Kier alpha value is -0.420. The molecule has 0 aliphatic heterocycles. The second-order valence-corrected chi connectivity index (χ2v) is 6.81. The van der Waals surface area contributed by atoms with Crippen molar-refractivity contribution in [3.05, 3.63) is 0 Å². The molecular formula is C12H25NO3S. The molecule has 0 radical (unpaired) electrons. The molecule has 0 fully saturated rings. The molecule has 102 valence electrons. The summed E-state index contributed by atoms with van der Waals surface area (Å²) in [5.41, 5.74) is -0.415. The number of nitrogens with one attached hydrogen (secondary N) is 1. The molecule has 17 heavy (non-hydrogen) atoms. The van der Waals surface area contributed by atoms with E-state index in [9.17, 15) is 9.00 Å². The summed E-state index contributed by atoms with van der Waals surface area (Å²) < 4.78 is 16.1. The molecule has 0 heterocycles. The van der Waals surface area contributed by atoms with Crippen LogP contribution in [0.1, 0.15) is 40.5 Å². The van der Waals surface area contributed by atoms with Gasteiger partial charge in [0.2, 0.25) is 0 Å². The van der Waals surface area contributed by atoms with Crippen molar-refractivity contribution >= 4 is 16.8 Å². The maximum absolute atomic E-state index is 11.4. The fourth-order valence-corrected chi connectivity index (χ4v) is 1.94. The quantitative estimate of drug-likeness (QED) is 0.707. The van der Waals surface area contributed by atoms with Crippen molar-refractivity contribution < 1.29 is 13.7 Å². The van der Waals surface area contributed by atoms with Crippen LogP contribution in [0.3, 0.4) is 0 Å². The first-order valence-electron chi connectivity index (χ1n) is 5.96. The Balaban J connectivity index is 3.62. The second kappa shape index (κ2) is 7.82. The molecular weight excluding hydrogens is 238 g/mol. The average Bonchev–Trinajstić information content (AvgIpc) is 2.11. The van der Waals surface area contributed by atoms with Gasteiger partial charge in [-0.25, -0.2) is 0 Å². The van der Waals surface area contributed by atoms with Crippen molar-refractivity contribution in [2.45, 2.75) is 52.2 Å². The summed E-state index contributed by atoms with van der Waals surface area (Å²) in [4.78, 5) is 11.4. The van der Waals surface area contributed by atoms with Gasteiger partial charge in [-0.3, -0.25) is 9.00 Å². The van der Waals surface area contributed by atoms with Crippen molar-refractivity contribution in [2.75, 3.05) is 18.6 Å². The highest BCUT2D eigenvalue weighted by Crippen LogP contribution is 2.07. The van der Waals surface area contributed by atoms with Gasteiger partial charge in [0.05, 0.1) is 6.42 Å². The predicted molar refractivity (Wildman–Crippen MR) is 71.5 cm³/mol. The van der Waals surface area contributed by atoms with E-state index >= 15 is 0 Å². The van der Waals surface area contributed by atoms with Crippen molar-refractivity contribution in [3.8, 4) is 0 Å². The molecule has 2 atom stereocenters. The molecule has 0 aromatic rings. The number of hydrogen-bond donors (Lipinski definition) is 1. The van der Waals surface area contributed by atoms with Crippen LogP contribution in [0, 0.1) is 0 Å². The molecule has 0 saturated heterocycles. The zero-order valence-electron chi connectivity index (χ0n) is 11.5. The Bertz CT molecular complexity index is 261.